The molecular formula is C95H106BrFN16O33. The highest BCUT2D eigenvalue weighted by molar-refractivity contribution is 9.10. The summed E-state index contributed by atoms with van der Waals surface area (Å²) in [6.07, 6.45) is -1.85. The second-order valence-corrected chi connectivity index (χ2v) is 33.4. The fourth-order valence-corrected chi connectivity index (χ4v) is 14.7. The van der Waals surface area contributed by atoms with Crippen molar-refractivity contribution >= 4 is 144 Å². The topological polar surface area (TPSA) is 655 Å². The normalized spacial score (nSPS) is 10.9. The summed E-state index contributed by atoms with van der Waals surface area (Å²) in [5.74, 6) is -2.98. The maximum absolute atomic E-state index is 13.2. The zero-order valence-electron chi connectivity index (χ0n) is 84.2. The van der Waals surface area contributed by atoms with Crippen molar-refractivity contribution in [3.05, 3.63) is 249 Å². The van der Waals surface area contributed by atoms with E-state index in [2.05, 4.69) is 81.8 Å². The number of esters is 7. The standard InChI is InChI=1S/C16H16N2O4.C15H15N3O4.C14H15N3O5.C14H17N3O3.C10H18O5.C9H9BrN2O4.C9H10N2O4.C8H6FNO4/c1-8-14(9(2)22-17-8)10-5-11-7-13(19)18(3)15(11)12(6-10)16(20)21-4;1-7-12(8(2)22-17-7)9-5-10(14(19)21-4)13-11(6-9)16-15(20)18(13)3;1-7-12(8(2)22-16-7)9-5-10(14(18)21-4)13(15-3)11(6-9)17(19)20;1-7-12(8(2)20-17-7)9-5-10(14(18)19-4)13(16-3)11(15)6-9;1-9(2,3)14-7(11)13-8(12)15-10(4,5)6;1-11-8-6(9(13)16-2)3-5(10)4-7(8)12(14)15;1-10-8-6(9(12)15-2)4-3-5-7(8)11(13)14;1-14-8(11)5-3-2-4-6(7(5)9)10(12)13/h5-6H,7H2,1-4H3;5-6H,1-4H3,(H,16,20);5-6,15H,1-4H3;5-6,16H,15H2,1-4H3;1-6H3;3-4,11H,1-2H3;3-5,10H,1-2H3;2-4H,1H3. The van der Waals surface area contributed by atoms with Gasteiger partial charge < -0.3 is 102 Å². The van der Waals surface area contributed by atoms with Gasteiger partial charge in [0.1, 0.15) is 56.9 Å². The van der Waals surface area contributed by atoms with Crippen molar-refractivity contribution in [1.29, 1.82) is 0 Å². The zero-order chi connectivity index (χ0) is 110. The number of para-hydroxylation sites is 1. The third-order valence-corrected chi connectivity index (χ3v) is 20.9. The second kappa shape index (κ2) is 51.0. The summed E-state index contributed by atoms with van der Waals surface area (Å²) in [5, 5.41) is 69.5. The van der Waals surface area contributed by atoms with E-state index in [1.165, 1.54) is 122 Å². The van der Waals surface area contributed by atoms with Gasteiger partial charge in [0.05, 0.1) is 160 Å². The van der Waals surface area contributed by atoms with Crippen molar-refractivity contribution in [2.75, 3.05) is 117 Å². The van der Waals surface area contributed by atoms with Gasteiger partial charge in [-0.15, -0.1) is 0 Å². The Morgan fingerprint density at radius 1 is 0.432 bits per heavy atom. The lowest BCUT2D eigenvalue weighted by Crippen LogP contribution is -2.29. The number of carbonyl (C=O) groups is 10. The molecule has 12 aromatic rings. The number of hydrogen-bond donors (Lipinski definition) is 6. The van der Waals surface area contributed by atoms with Crippen molar-refractivity contribution < 1.29 is 137 Å². The van der Waals surface area contributed by atoms with Crippen LogP contribution in [0.1, 0.15) is 165 Å². The predicted octanol–water partition coefficient (Wildman–Crippen LogP) is 17.3. The maximum atomic E-state index is 13.2. The van der Waals surface area contributed by atoms with Crippen LogP contribution in [0, 0.1) is 102 Å². The third-order valence-electron chi connectivity index (χ3n) is 20.5. The molecular weight excluding hydrogens is 1990 g/mol. The molecule has 0 unspecified atom stereocenters. The number of methoxy groups -OCH3 is 7. The average Bonchev–Trinajstić information content (AvgIpc) is 1.61. The van der Waals surface area contributed by atoms with Crippen LogP contribution in [-0.2, 0) is 65.6 Å². The Morgan fingerprint density at radius 2 is 0.753 bits per heavy atom. The summed E-state index contributed by atoms with van der Waals surface area (Å²) < 4.78 is 82.0. The molecule has 1 amide bonds. The van der Waals surface area contributed by atoms with Gasteiger partial charge in [0, 0.05) is 93.3 Å². The Hall–Kier alpha value is -17.8. The molecule has 0 fully saturated rings. The molecule has 0 atom stereocenters. The molecule has 0 saturated carbocycles. The maximum Gasteiger partial charge on any atom is 0.519 e. The number of carbonyl (C=O) groups excluding carboxylic acids is 10. The smallest absolute Gasteiger partial charge is 0.465 e. The minimum atomic E-state index is -1.18. The van der Waals surface area contributed by atoms with Crippen molar-refractivity contribution in [3.63, 3.8) is 0 Å². The van der Waals surface area contributed by atoms with Crippen LogP contribution in [0.3, 0.4) is 0 Å². The van der Waals surface area contributed by atoms with E-state index in [0.717, 1.165) is 69.6 Å². The lowest BCUT2D eigenvalue weighted by Gasteiger charge is -2.20. The van der Waals surface area contributed by atoms with E-state index in [-0.39, 0.29) is 68.8 Å². The number of hydrogen-bond acceptors (Lipinski definition) is 42. The summed E-state index contributed by atoms with van der Waals surface area (Å²) >= 11 is 3.10. The van der Waals surface area contributed by atoms with Crippen LogP contribution in [0.4, 0.5) is 70.9 Å². The molecule has 13 rings (SSSR count). The highest BCUT2D eigenvalue weighted by Crippen LogP contribution is 2.42. The number of aryl methyl sites for hydroxylation is 9. The molecule has 49 nitrogen and oxygen atoms in total. The van der Waals surface area contributed by atoms with E-state index in [9.17, 15) is 97.6 Å². The number of aromatic nitrogens is 6. The first-order valence-electron chi connectivity index (χ1n) is 42.7. The van der Waals surface area contributed by atoms with E-state index in [1.54, 1.807) is 114 Å². The highest BCUT2D eigenvalue weighted by atomic mass is 79.9. The Balaban J connectivity index is 0.000000257. The third kappa shape index (κ3) is 28.8. The summed E-state index contributed by atoms with van der Waals surface area (Å²) in [7, 11) is 18.2. The minimum Gasteiger partial charge on any atom is -0.465 e. The molecule has 1 aliphatic heterocycles. The number of nitrogens with one attached hydrogen (secondary N) is 5. The van der Waals surface area contributed by atoms with Gasteiger partial charge in [0.15, 0.2) is 0 Å². The average molecular weight is 2100 g/mol. The highest BCUT2D eigenvalue weighted by Gasteiger charge is 2.35. The number of nitro groups is 4. The van der Waals surface area contributed by atoms with Crippen LogP contribution in [0.5, 0.6) is 0 Å². The number of anilines is 6. The Labute approximate surface area is 839 Å². The first-order chi connectivity index (χ1) is 68.4. The predicted molar refractivity (Wildman–Crippen MR) is 529 cm³/mol. The number of amides is 1. The van der Waals surface area contributed by atoms with Crippen LogP contribution < -0.4 is 37.6 Å². The number of likely N-dealkylation sites (N-methyl/N-ethyl adjacent to an activating group) is 1. The number of H-pyrrole nitrogens is 1. The second-order valence-electron chi connectivity index (χ2n) is 32.5. The molecule has 146 heavy (non-hydrogen) atoms. The van der Waals surface area contributed by atoms with Gasteiger partial charge in [-0.3, -0.25) is 49.8 Å². The molecule has 1 aliphatic rings. The number of nitrogen functional groups attached to an aromatic ring is 1. The van der Waals surface area contributed by atoms with Gasteiger partial charge in [-0.05, 0) is 185 Å². The summed E-state index contributed by atoms with van der Waals surface area (Å²) in [6.45, 7) is 24.4. The Bertz CT molecular complexity index is 6950. The fraction of sp³-hybridized carbons (Fsp3) is 0.316. The number of benzene rings is 7. The Morgan fingerprint density at radius 3 is 1.14 bits per heavy atom. The number of nitrogens with zero attached hydrogens (tertiary/aromatic N) is 10. The summed E-state index contributed by atoms with van der Waals surface area (Å²) in [4.78, 5) is 172. The van der Waals surface area contributed by atoms with Crippen LogP contribution in [0.25, 0.3) is 55.5 Å². The van der Waals surface area contributed by atoms with E-state index in [0.29, 0.717) is 94.8 Å². The van der Waals surface area contributed by atoms with Gasteiger partial charge in [-0.1, -0.05) is 48.7 Å². The van der Waals surface area contributed by atoms with Gasteiger partial charge >= 0.3 is 65.5 Å². The molecule has 0 radical (unpaired) electrons. The molecule has 0 spiro atoms. The lowest BCUT2D eigenvalue weighted by atomic mass is 9.96. The quantitative estimate of drug-likeness (QED) is 0.0109. The number of nitro benzene ring substituents is 4. The molecule has 7 N–H and O–H groups in total. The van der Waals surface area contributed by atoms with Crippen molar-refractivity contribution in [3.8, 4) is 44.5 Å². The number of imidazole rings is 1. The first kappa shape index (κ1) is 117. The lowest BCUT2D eigenvalue weighted by molar-refractivity contribution is -0.387. The van der Waals surface area contributed by atoms with Crippen LogP contribution in [0.15, 0.2) is 124 Å². The number of rotatable bonds is 19. The summed E-state index contributed by atoms with van der Waals surface area (Å²) in [5.41, 5.74) is 16.6. The minimum absolute atomic E-state index is 0.0453. The molecule has 778 valence electrons. The van der Waals surface area contributed by atoms with Crippen molar-refractivity contribution in [1.82, 2.24) is 30.2 Å². The van der Waals surface area contributed by atoms with Crippen molar-refractivity contribution in [2.45, 2.75) is 115 Å². The first-order valence-corrected chi connectivity index (χ1v) is 43.5. The summed E-state index contributed by atoms with van der Waals surface area (Å²) in [6, 6.07) is 23.8. The number of nitrogens with two attached hydrogens (primary N) is 1. The van der Waals surface area contributed by atoms with Gasteiger partial charge in [0.2, 0.25) is 11.7 Å². The molecule has 0 saturated heterocycles. The van der Waals surface area contributed by atoms with E-state index < -0.39 is 102 Å². The van der Waals surface area contributed by atoms with Gasteiger partial charge in [-0.2, -0.15) is 4.39 Å². The van der Waals surface area contributed by atoms with E-state index in [4.69, 9.17) is 52.2 Å². The number of halogens is 2. The molecule has 7 aromatic carbocycles. The fourth-order valence-electron chi connectivity index (χ4n) is 14.3. The van der Waals surface area contributed by atoms with Gasteiger partial charge in [-0.25, -0.2) is 47.9 Å². The largest absolute Gasteiger partial charge is 0.519 e. The molecule has 6 heterocycles. The molecule has 0 bridgehead atoms. The van der Waals surface area contributed by atoms with Crippen LogP contribution in [-0.4, -0.2) is 206 Å². The zero-order valence-corrected chi connectivity index (χ0v) is 85.8. The number of fused-ring (bicyclic) bond motifs is 2. The molecule has 0 aliphatic carbocycles. The Kier molecular flexibility index (Phi) is 40.8. The van der Waals surface area contributed by atoms with Crippen molar-refractivity contribution in [2.24, 2.45) is 7.05 Å². The monoisotopic (exact) mass is 2100 g/mol. The number of ether oxygens (including phenoxy) is 10. The van der Waals surface area contributed by atoms with E-state index in [1.807, 2.05) is 40.7 Å². The van der Waals surface area contributed by atoms with E-state index >= 15 is 0 Å². The van der Waals surface area contributed by atoms with Gasteiger partial charge in [0.25, 0.3) is 17.1 Å². The molecule has 51 heteroatoms. The molecule has 5 aromatic heterocycles. The SMILES string of the molecule is CC(C)(C)OC(=O)OC(=O)OC(C)(C)C.CNc1c(C(=O)OC)cc(-c2c(C)noc2C)cc1[N+](=O)[O-].CNc1c(C(=O)OC)cc(Br)cc1[N+](=O)[O-].CNc1c(C(=O)OC)cccc1[N+](=O)[O-].CNc1c(N)cc(-c2c(C)noc2C)cc1C(=O)OC.COC(=O)c1cc(-c2c(C)noc2C)cc2[nH]c(=O)n(C)c12.COC(=O)c1cc(-c2c(C)noc2C)cc2c1N(C)C(=O)C2.COC(=O)c1cccc([N+](=O)[O-])c1F. The number of aromatic amines is 1. The van der Waals surface area contributed by atoms with Crippen LogP contribution in [0.2, 0.25) is 0 Å². The van der Waals surface area contributed by atoms with Crippen LogP contribution >= 0.6 is 15.9 Å².